The smallest absolute Gasteiger partial charge is 0.241 e. The number of benzene rings is 1. The summed E-state index contributed by atoms with van der Waals surface area (Å²) in [5.74, 6) is -1.40. The van der Waals surface area contributed by atoms with Gasteiger partial charge in [0.1, 0.15) is 11.7 Å². The number of anilines is 1. The number of rotatable bonds is 2. The molecule has 8 nitrogen and oxygen atoms in total. The van der Waals surface area contributed by atoms with Crippen molar-refractivity contribution in [3.05, 3.63) is 35.2 Å². The Morgan fingerprint density at radius 1 is 1.21 bits per heavy atom. The topological polar surface area (TPSA) is 127 Å². The minimum absolute atomic E-state index is 0.407. The number of hydrogen-bond donors (Lipinski definition) is 3. The van der Waals surface area contributed by atoms with E-state index in [1.807, 2.05) is 19.9 Å². The molecule has 120 valence electrons. The third-order valence-corrected chi connectivity index (χ3v) is 4.12. The van der Waals surface area contributed by atoms with Crippen LogP contribution in [0.2, 0.25) is 0 Å². The van der Waals surface area contributed by atoms with E-state index in [1.165, 1.54) is 0 Å². The molecule has 0 saturated heterocycles. The lowest BCUT2D eigenvalue weighted by molar-refractivity contribution is -0.126. The van der Waals surface area contributed by atoms with Crippen molar-refractivity contribution in [2.45, 2.75) is 19.8 Å². The number of amides is 2. The van der Waals surface area contributed by atoms with Crippen LogP contribution in [0.25, 0.3) is 22.4 Å². The van der Waals surface area contributed by atoms with Gasteiger partial charge in [-0.15, -0.1) is 0 Å². The van der Waals surface area contributed by atoms with Gasteiger partial charge in [0, 0.05) is 11.3 Å². The van der Waals surface area contributed by atoms with E-state index in [4.69, 9.17) is 5.73 Å². The first-order chi connectivity index (χ1) is 11.4. The number of nitrogens with zero attached hydrogens (tertiary/aromatic N) is 3. The van der Waals surface area contributed by atoms with Crippen molar-refractivity contribution >= 4 is 28.5 Å². The van der Waals surface area contributed by atoms with Crippen LogP contribution in [0.4, 0.5) is 5.69 Å². The lowest BCUT2D eigenvalue weighted by atomic mass is 10.00. The number of nitrogens with two attached hydrogens (primary N) is 1. The van der Waals surface area contributed by atoms with E-state index in [-0.39, 0.29) is 0 Å². The van der Waals surface area contributed by atoms with Gasteiger partial charge in [0.05, 0.1) is 22.4 Å². The number of carbonyl (C=O) groups excluding carboxylic acids is 2. The van der Waals surface area contributed by atoms with Crippen molar-refractivity contribution < 1.29 is 9.59 Å². The third-order valence-electron chi connectivity index (χ3n) is 4.12. The van der Waals surface area contributed by atoms with Crippen LogP contribution in [-0.2, 0) is 9.59 Å². The zero-order chi connectivity index (χ0) is 17.0. The molecule has 4 N–H and O–H groups in total. The Hall–Kier alpha value is -3.29. The van der Waals surface area contributed by atoms with Crippen molar-refractivity contribution in [1.29, 1.82) is 0 Å². The fraction of sp³-hybridized carbons (Fsp3) is 0.188. The SMILES string of the molecule is Cc1cc(-c2nc3cc4c(cc3[nH]2)NC(=O)C4C(N)=O)c(C)nn1. The molecule has 0 radical (unpaired) electrons. The van der Waals surface area contributed by atoms with Gasteiger partial charge in [-0.3, -0.25) is 9.59 Å². The summed E-state index contributed by atoms with van der Waals surface area (Å²) in [6.45, 7) is 3.72. The lowest BCUT2D eigenvalue weighted by Gasteiger charge is -2.02. The predicted octanol–water partition coefficient (Wildman–Crippen LogP) is 1.16. The summed E-state index contributed by atoms with van der Waals surface area (Å²) >= 11 is 0. The third kappa shape index (κ3) is 2.03. The number of nitrogens with one attached hydrogen (secondary N) is 2. The Bertz CT molecular complexity index is 1020. The van der Waals surface area contributed by atoms with Crippen LogP contribution in [0.3, 0.4) is 0 Å². The molecule has 4 rings (SSSR count). The molecule has 0 aliphatic carbocycles. The van der Waals surface area contributed by atoms with Gasteiger partial charge in [0.2, 0.25) is 11.8 Å². The number of aromatic nitrogens is 4. The number of hydrogen-bond acceptors (Lipinski definition) is 5. The second-order valence-electron chi connectivity index (χ2n) is 5.85. The number of primary amides is 1. The molecular weight excluding hydrogens is 308 g/mol. The van der Waals surface area contributed by atoms with Crippen LogP contribution < -0.4 is 11.1 Å². The van der Waals surface area contributed by atoms with Crippen molar-refractivity contribution in [3.63, 3.8) is 0 Å². The van der Waals surface area contributed by atoms with Crippen molar-refractivity contribution in [2.75, 3.05) is 5.32 Å². The lowest BCUT2D eigenvalue weighted by Crippen LogP contribution is -2.27. The fourth-order valence-corrected chi connectivity index (χ4v) is 2.97. The summed E-state index contributed by atoms with van der Waals surface area (Å²) < 4.78 is 0. The highest BCUT2D eigenvalue weighted by molar-refractivity contribution is 6.17. The van der Waals surface area contributed by atoms with Gasteiger partial charge >= 0.3 is 0 Å². The zero-order valence-corrected chi connectivity index (χ0v) is 13.0. The Morgan fingerprint density at radius 2 is 2.00 bits per heavy atom. The second-order valence-corrected chi connectivity index (χ2v) is 5.85. The minimum atomic E-state index is -0.976. The summed E-state index contributed by atoms with van der Waals surface area (Å²) in [5.41, 5.74) is 10.3. The molecule has 3 heterocycles. The Morgan fingerprint density at radius 3 is 2.75 bits per heavy atom. The molecule has 8 heteroatoms. The number of H-pyrrole nitrogens is 1. The summed E-state index contributed by atoms with van der Waals surface area (Å²) in [4.78, 5) is 31.2. The van der Waals surface area contributed by atoms with Crippen molar-refractivity contribution in [1.82, 2.24) is 20.2 Å². The summed E-state index contributed by atoms with van der Waals surface area (Å²) in [6, 6.07) is 5.38. The van der Waals surface area contributed by atoms with Gasteiger partial charge in [-0.1, -0.05) is 0 Å². The van der Waals surface area contributed by atoms with Crippen LogP contribution >= 0.6 is 0 Å². The average Bonchev–Trinajstić information content (AvgIpc) is 3.06. The molecule has 2 aromatic heterocycles. The summed E-state index contributed by atoms with van der Waals surface area (Å²) in [7, 11) is 0. The first-order valence-electron chi connectivity index (χ1n) is 7.39. The molecule has 0 spiro atoms. The van der Waals surface area contributed by atoms with Gasteiger partial charge in [-0.25, -0.2) is 4.98 Å². The largest absolute Gasteiger partial charge is 0.369 e. The monoisotopic (exact) mass is 322 g/mol. The van der Waals surface area contributed by atoms with E-state index in [0.717, 1.165) is 22.5 Å². The van der Waals surface area contributed by atoms with E-state index in [9.17, 15) is 9.59 Å². The molecule has 1 aliphatic heterocycles. The number of fused-ring (bicyclic) bond motifs is 2. The summed E-state index contributed by atoms with van der Waals surface area (Å²) in [6.07, 6.45) is 0. The molecule has 3 aromatic rings. The molecule has 1 atom stereocenters. The molecule has 1 aliphatic rings. The molecule has 24 heavy (non-hydrogen) atoms. The summed E-state index contributed by atoms with van der Waals surface area (Å²) in [5, 5.41) is 10.8. The molecule has 0 fully saturated rings. The van der Waals surface area contributed by atoms with Gasteiger partial charge < -0.3 is 16.0 Å². The van der Waals surface area contributed by atoms with E-state index < -0.39 is 17.7 Å². The van der Waals surface area contributed by atoms with Gasteiger partial charge in [-0.2, -0.15) is 10.2 Å². The highest BCUT2D eigenvalue weighted by Crippen LogP contribution is 2.36. The Balaban J connectivity index is 1.88. The van der Waals surface area contributed by atoms with Crippen LogP contribution in [0.5, 0.6) is 0 Å². The second kappa shape index (κ2) is 4.85. The highest BCUT2D eigenvalue weighted by Gasteiger charge is 2.35. The Kier molecular flexibility index (Phi) is 2.89. The average molecular weight is 322 g/mol. The number of aryl methyl sites for hydroxylation is 2. The highest BCUT2D eigenvalue weighted by atomic mass is 16.2. The van der Waals surface area contributed by atoms with Gasteiger partial charge in [-0.05, 0) is 37.6 Å². The normalized spacial score (nSPS) is 16.2. The van der Waals surface area contributed by atoms with Crippen LogP contribution in [-0.4, -0.2) is 32.0 Å². The maximum atomic E-state index is 11.9. The minimum Gasteiger partial charge on any atom is -0.369 e. The van der Waals surface area contributed by atoms with Crippen LogP contribution in [0.15, 0.2) is 18.2 Å². The Labute approximate surface area is 136 Å². The molecular formula is C16H14N6O2. The van der Waals surface area contributed by atoms with Crippen molar-refractivity contribution in [3.8, 4) is 11.4 Å². The first-order valence-corrected chi connectivity index (χ1v) is 7.39. The zero-order valence-electron chi connectivity index (χ0n) is 13.0. The number of imidazole rings is 1. The fourth-order valence-electron chi connectivity index (χ4n) is 2.97. The van der Waals surface area contributed by atoms with E-state index >= 15 is 0 Å². The first kappa shape index (κ1) is 14.3. The van der Waals surface area contributed by atoms with E-state index in [0.29, 0.717) is 22.6 Å². The maximum absolute atomic E-state index is 11.9. The quantitative estimate of drug-likeness (QED) is 0.610. The molecule has 1 unspecified atom stereocenters. The van der Waals surface area contributed by atoms with Gasteiger partial charge in [0.15, 0.2) is 0 Å². The molecule has 2 amide bonds. The van der Waals surface area contributed by atoms with E-state index in [1.54, 1.807) is 12.1 Å². The maximum Gasteiger partial charge on any atom is 0.241 e. The van der Waals surface area contributed by atoms with Crippen LogP contribution in [0, 0.1) is 13.8 Å². The number of aromatic amines is 1. The molecule has 0 bridgehead atoms. The van der Waals surface area contributed by atoms with E-state index in [2.05, 4.69) is 25.5 Å². The predicted molar refractivity (Wildman–Crippen MR) is 87.2 cm³/mol. The van der Waals surface area contributed by atoms with Crippen LogP contribution in [0.1, 0.15) is 22.9 Å². The number of carbonyl (C=O) groups is 2. The van der Waals surface area contributed by atoms with Gasteiger partial charge in [0.25, 0.3) is 0 Å². The molecule has 1 aromatic carbocycles. The molecule has 0 saturated carbocycles. The standard InChI is InChI=1S/C16H14N6O2/c1-6-3-8(7(2)22-21-6)15-18-11-4-9-10(5-12(11)19-15)20-16(24)13(9)14(17)23/h3-5,13H,1-2H3,(H2,17,23)(H,18,19)(H,20,24). The van der Waals surface area contributed by atoms with Crippen molar-refractivity contribution in [2.24, 2.45) is 5.73 Å².